The van der Waals surface area contributed by atoms with E-state index in [4.69, 9.17) is 5.73 Å². The van der Waals surface area contributed by atoms with Crippen LogP contribution in [0.25, 0.3) is 11.1 Å². The molecular weight excluding hydrogens is 213 g/mol. The lowest BCUT2D eigenvalue weighted by atomic mass is 9.96. The summed E-state index contributed by atoms with van der Waals surface area (Å²) in [7, 11) is 0. The molecule has 0 aliphatic heterocycles. The normalized spacial score (nSPS) is 10.6. The fraction of sp³-hybridized carbons (Fsp3) is 0.200. The molecule has 0 heterocycles. The second kappa shape index (κ2) is 4.68. The SMILES string of the molecule is Cc1cc(C)cc(-c2ccc(F)cc2CN)c1. The molecule has 0 saturated carbocycles. The maximum absolute atomic E-state index is 13.2. The van der Waals surface area contributed by atoms with Crippen LogP contribution in [-0.2, 0) is 6.54 Å². The summed E-state index contributed by atoms with van der Waals surface area (Å²) in [4.78, 5) is 0. The Morgan fingerprint density at radius 1 is 1.00 bits per heavy atom. The van der Waals surface area contributed by atoms with Crippen molar-refractivity contribution >= 4 is 0 Å². The Hall–Kier alpha value is -1.67. The van der Waals surface area contributed by atoms with E-state index < -0.39 is 0 Å². The van der Waals surface area contributed by atoms with Crippen molar-refractivity contribution in [2.24, 2.45) is 5.73 Å². The first-order valence-corrected chi connectivity index (χ1v) is 5.67. The highest BCUT2D eigenvalue weighted by atomic mass is 19.1. The highest BCUT2D eigenvalue weighted by Crippen LogP contribution is 2.26. The molecule has 2 rings (SSSR count). The van der Waals surface area contributed by atoms with Crippen LogP contribution in [0.15, 0.2) is 36.4 Å². The Labute approximate surface area is 101 Å². The van der Waals surface area contributed by atoms with Gasteiger partial charge in [0.2, 0.25) is 0 Å². The van der Waals surface area contributed by atoms with Crippen LogP contribution in [0.4, 0.5) is 4.39 Å². The summed E-state index contributed by atoms with van der Waals surface area (Å²) in [5.74, 6) is -0.237. The molecule has 2 heteroatoms. The fourth-order valence-electron chi connectivity index (χ4n) is 2.14. The molecule has 0 unspecified atom stereocenters. The van der Waals surface area contributed by atoms with E-state index >= 15 is 0 Å². The van der Waals surface area contributed by atoms with Crippen molar-refractivity contribution in [1.29, 1.82) is 0 Å². The van der Waals surface area contributed by atoms with Gasteiger partial charge < -0.3 is 5.73 Å². The topological polar surface area (TPSA) is 26.0 Å². The fourth-order valence-corrected chi connectivity index (χ4v) is 2.14. The third-order valence-electron chi connectivity index (χ3n) is 2.82. The summed E-state index contributed by atoms with van der Waals surface area (Å²) in [5.41, 5.74) is 11.0. The van der Waals surface area contributed by atoms with Crippen LogP contribution in [0.2, 0.25) is 0 Å². The lowest BCUT2D eigenvalue weighted by Crippen LogP contribution is -2.00. The van der Waals surface area contributed by atoms with Crippen LogP contribution in [0.3, 0.4) is 0 Å². The first-order chi connectivity index (χ1) is 8.10. The number of rotatable bonds is 2. The Balaban J connectivity index is 2.59. The van der Waals surface area contributed by atoms with E-state index in [0.717, 1.165) is 16.7 Å². The molecule has 2 aromatic carbocycles. The average Bonchev–Trinajstić information content (AvgIpc) is 2.27. The number of aryl methyl sites for hydroxylation is 2. The smallest absolute Gasteiger partial charge is 0.123 e. The highest BCUT2D eigenvalue weighted by Gasteiger charge is 2.06. The Kier molecular flexibility index (Phi) is 3.25. The molecule has 0 bridgehead atoms. The van der Waals surface area contributed by atoms with Crippen LogP contribution in [0.5, 0.6) is 0 Å². The van der Waals surface area contributed by atoms with Crippen molar-refractivity contribution in [3.8, 4) is 11.1 Å². The molecule has 0 atom stereocenters. The second-order valence-electron chi connectivity index (χ2n) is 4.38. The van der Waals surface area contributed by atoms with Crippen molar-refractivity contribution in [3.05, 3.63) is 58.9 Å². The molecule has 1 nitrogen and oxygen atoms in total. The van der Waals surface area contributed by atoms with Gasteiger partial charge in [0.25, 0.3) is 0 Å². The third-order valence-corrected chi connectivity index (χ3v) is 2.82. The lowest BCUT2D eigenvalue weighted by molar-refractivity contribution is 0.625. The second-order valence-corrected chi connectivity index (χ2v) is 4.38. The van der Waals surface area contributed by atoms with Crippen molar-refractivity contribution in [3.63, 3.8) is 0 Å². The summed E-state index contributed by atoms with van der Waals surface area (Å²) in [6.45, 7) is 4.46. The number of halogens is 1. The van der Waals surface area contributed by atoms with Crippen LogP contribution in [-0.4, -0.2) is 0 Å². The molecule has 0 fully saturated rings. The van der Waals surface area contributed by atoms with Crippen molar-refractivity contribution in [2.45, 2.75) is 20.4 Å². The minimum Gasteiger partial charge on any atom is -0.326 e. The highest BCUT2D eigenvalue weighted by molar-refractivity contribution is 5.68. The van der Waals surface area contributed by atoms with Crippen molar-refractivity contribution < 1.29 is 4.39 Å². The van der Waals surface area contributed by atoms with E-state index in [1.807, 2.05) is 0 Å². The van der Waals surface area contributed by atoms with Gasteiger partial charge in [-0.05, 0) is 42.7 Å². The molecule has 0 amide bonds. The molecule has 17 heavy (non-hydrogen) atoms. The third kappa shape index (κ3) is 2.53. The molecule has 0 aromatic heterocycles. The zero-order valence-electron chi connectivity index (χ0n) is 10.1. The summed E-state index contributed by atoms with van der Waals surface area (Å²) >= 11 is 0. The van der Waals surface area contributed by atoms with E-state index in [1.165, 1.54) is 23.3 Å². The Morgan fingerprint density at radius 3 is 2.24 bits per heavy atom. The van der Waals surface area contributed by atoms with Crippen LogP contribution >= 0.6 is 0 Å². The Morgan fingerprint density at radius 2 is 1.65 bits per heavy atom. The quantitative estimate of drug-likeness (QED) is 0.837. The zero-order chi connectivity index (χ0) is 12.4. The molecule has 0 saturated heterocycles. The first kappa shape index (κ1) is 11.8. The van der Waals surface area contributed by atoms with Gasteiger partial charge in [-0.1, -0.05) is 35.4 Å². The molecule has 0 aliphatic carbocycles. The maximum atomic E-state index is 13.2. The van der Waals surface area contributed by atoms with Gasteiger partial charge in [0.15, 0.2) is 0 Å². The van der Waals surface area contributed by atoms with Crippen LogP contribution in [0, 0.1) is 19.7 Å². The predicted octanol–water partition coefficient (Wildman–Crippen LogP) is 3.57. The van der Waals surface area contributed by atoms with E-state index in [0.29, 0.717) is 6.54 Å². The zero-order valence-corrected chi connectivity index (χ0v) is 10.1. The van der Waals surface area contributed by atoms with E-state index in [1.54, 1.807) is 6.07 Å². The molecule has 2 aromatic rings. The predicted molar refractivity (Wildman–Crippen MR) is 69.2 cm³/mol. The van der Waals surface area contributed by atoms with Crippen molar-refractivity contribution in [2.75, 3.05) is 0 Å². The van der Waals surface area contributed by atoms with E-state index in [9.17, 15) is 4.39 Å². The standard InChI is InChI=1S/C15H16FN/c1-10-5-11(2)7-12(6-10)15-4-3-14(16)8-13(15)9-17/h3-8H,9,17H2,1-2H3. The summed E-state index contributed by atoms with van der Waals surface area (Å²) in [6.07, 6.45) is 0. The molecule has 0 aliphatic rings. The van der Waals surface area contributed by atoms with Gasteiger partial charge in [-0.2, -0.15) is 0 Å². The van der Waals surface area contributed by atoms with Gasteiger partial charge in [0.1, 0.15) is 5.82 Å². The summed E-state index contributed by atoms with van der Waals surface area (Å²) < 4.78 is 13.2. The molecule has 0 spiro atoms. The van der Waals surface area contributed by atoms with Gasteiger partial charge in [-0.3, -0.25) is 0 Å². The monoisotopic (exact) mass is 229 g/mol. The van der Waals surface area contributed by atoms with Crippen LogP contribution < -0.4 is 5.73 Å². The van der Waals surface area contributed by atoms with Crippen LogP contribution in [0.1, 0.15) is 16.7 Å². The average molecular weight is 229 g/mol. The number of nitrogens with two attached hydrogens (primary N) is 1. The lowest BCUT2D eigenvalue weighted by Gasteiger charge is -2.10. The number of hydrogen-bond acceptors (Lipinski definition) is 1. The van der Waals surface area contributed by atoms with Crippen molar-refractivity contribution in [1.82, 2.24) is 0 Å². The molecular formula is C15H16FN. The van der Waals surface area contributed by atoms with Gasteiger partial charge in [-0.25, -0.2) is 4.39 Å². The van der Waals surface area contributed by atoms with Gasteiger partial charge in [0, 0.05) is 6.54 Å². The minimum atomic E-state index is -0.237. The van der Waals surface area contributed by atoms with Gasteiger partial charge in [0.05, 0.1) is 0 Å². The maximum Gasteiger partial charge on any atom is 0.123 e. The first-order valence-electron chi connectivity index (χ1n) is 5.67. The van der Waals surface area contributed by atoms with Gasteiger partial charge >= 0.3 is 0 Å². The number of benzene rings is 2. The largest absolute Gasteiger partial charge is 0.326 e. The number of hydrogen-bond donors (Lipinski definition) is 1. The summed E-state index contributed by atoms with van der Waals surface area (Å²) in [6, 6.07) is 11.1. The minimum absolute atomic E-state index is 0.237. The Bertz CT molecular complexity index is 526. The molecule has 88 valence electrons. The summed E-state index contributed by atoms with van der Waals surface area (Å²) in [5, 5.41) is 0. The van der Waals surface area contributed by atoms with E-state index in [-0.39, 0.29) is 5.82 Å². The van der Waals surface area contributed by atoms with E-state index in [2.05, 4.69) is 32.0 Å². The molecule has 0 radical (unpaired) electrons. The molecule has 2 N–H and O–H groups in total. The van der Waals surface area contributed by atoms with Gasteiger partial charge in [-0.15, -0.1) is 0 Å².